The van der Waals surface area contributed by atoms with E-state index in [2.05, 4.69) is 10.3 Å². The average molecular weight is 393 g/mol. The number of hydrogen-bond donors (Lipinski definition) is 2. The monoisotopic (exact) mass is 393 g/mol. The van der Waals surface area contributed by atoms with Crippen LogP contribution in [0.3, 0.4) is 0 Å². The van der Waals surface area contributed by atoms with Crippen LogP contribution in [0.5, 0.6) is 5.75 Å². The van der Waals surface area contributed by atoms with Gasteiger partial charge in [-0.05, 0) is 31.4 Å². The van der Waals surface area contributed by atoms with Crippen molar-refractivity contribution in [2.75, 3.05) is 32.7 Å². The fourth-order valence-electron chi connectivity index (χ4n) is 1.62. The van der Waals surface area contributed by atoms with Gasteiger partial charge in [-0.2, -0.15) is 0 Å². The molecule has 0 fully saturated rings. The van der Waals surface area contributed by atoms with E-state index >= 15 is 0 Å². The Morgan fingerprint density at radius 1 is 1.25 bits per heavy atom. The lowest BCUT2D eigenvalue weighted by Crippen LogP contribution is -2.22. The van der Waals surface area contributed by atoms with Gasteiger partial charge in [0, 0.05) is 32.0 Å². The van der Waals surface area contributed by atoms with Gasteiger partial charge in [0.05, 0.1) is 7.11 Å². The topological polar surface area (TPSA) is 68.9 Å². The van der Waals surface area contributed by atoms with Crippen molar-refractivity contribution in [1.82, 2.24) is 0 Å². The Kier molecular flexibility index (Phi) is 11.2. The van der Waals surface area contributed by atoms with Crippen LogP contribution in [0.4, 0.5) is 5.69 Å². The van der Waals surface area contributed by atoms with E-state index in [1.54, 1.807) is 14.2 Å². The molecule has 5 nitrogen and oxygen atoms in total. The quantitative estimate of drug-likeness (QED) is 0.309. The lowest BCUT2D eigenvalue weighted by molar-refractivity contribution is 0.192. The number of ether oxygens (including phenoxy) is 2. The van der Waals surface area contributed by atoms with Gasteiger partial charge in [0.1, 0.15) is 5.75 Å². The summed E-state index contributed by atoms with van der Waals surface area (Å²) in [7, 11) is 3.35. The molecule has 114 valence electrons. The molecule has 0 heterocycles. The summed E-state index contributed by atoms with van der Waals surface area (Å²) in [6, 6.07) is 7.58. The fourth-order valence-corrected chi connectivity index (χ4v) is 1.62. The molecule has 0 aliphatic heterocycles. The number of anilines is 1. The first-order valence-corrected chi connectivity index (χ1v) is 6.46. The van der Waals surface area contributed by atoms with Crippen LogP contribution >= 0.6 is 24.0 Å². The highest BCUT2D eigenvalue weighted by molar-refractivity contribution is 14.0. The summed E-state index contributed by atoms with van der Waals surface area (Å²) in [6.45, 7) is 1.54. The summed E-state index contributed by atoms with van der Waals surface area (Å²) in [4.78, 5) is 4.27. The molecule has 0 amide bonds. The number of hydrogen-bond acceptors (Lipinski definition) is 3. The lowest BCUT2D eigenvalue weighted by atomic mass is 10.2. The van der Waals surface area contributed by atoms with Crippen molar-refractivity contribution in [2.45, 2.75) is 19.3 Å². The Balaban J connectivity index is 0.00000361. The molecule has 0 saturated carbocycles. The second-order valence-corrected chi connectivity index (χ2v) is 4.18. The lowest BCUT2D eigenvalue weighted by Gasteiger charge is -2.07. The van der Waals surface area contributed by atoms with Crippen molar-refractivity contribution in [3.8, 4) is 5.75 Å². The number of aliphatic imine (C=N–C) groups is 1. The summed E-state index contributed by atoms with van der Waals surface area (Å²) >= 11 is 0. The Morgan fingerprint density at radius 3 is 2.75 bits per heavy atom. The normalized spacial score (nSPS) is 10.8. The molecule has 0 bridgehead atoms. The van der Waals surface area contributed by atoms with E-state index in [1.807, 2.05) is 24.3 Å². The third-order valence-electron chi connectivity index (χ3n) is 2.63. The molecular formula is C14H24IN3O2. The summed E-state index contributed by atoms with van der Waals surface area (Å²) < 4.78 is 10.1. The molecule has 0 aliphatic rings. The van der Waals surface area contributed by atoms with Crippen LogP contribution in [0, 0.1) is 0 Å². The van der Waals surface area contributed by atoms with E-state index < -0.39 is 0 Å². The highest BCUT2D eigenvalue weighted by Gasteiger charge is 1.97. The van der Waals surface area contributed by atoms with E-state index in [9.17, 15) is 0 Å². The first-order chi connectivity index (χ1) is 9.26. The maximum Gasteiger partial charge on any atom is 0.193 e. The molecule has 1 rings (SSSR count). The van der Waals surface area contributed by atoms with Gasteiger partial charge < -0.3 is 20.5 Å². The molecule has 0 radical (unpaired) electrons. The van der Waals surface area contributed by atoms with E-state index in [0.29, 0.717) is 5.96 Å². The standard InChI is InChI=1S/C14H23N3O2.HI/c1-18-10-5-3-4-9-16-14(15)17-12-7-6-8-13(11-12)19-2;/h6-8,11H,3-5,9-10H2,1-2H3,(H3,15,16,17);1H. The number of guanidine groups is 1. The molecule has 1 aromatic rings. The number of nitrogens with one attached hydrogen (secondary N) is 1. The maximum atomic E-state index is 5.81. The molecule has 6 heteroatoms. The first-order valence-electron chi connectivity index (χ1n) is 6.46. The molecular weight excluding hydrogens is 369 g/mol. The van der Waals surface area contributed by atoms with Crippen molar-refractivity contribution in [2.24, 2.45) is 10.7 Å². The minimum absolute atomic E-state index is 0. The zero-order valence-electron chi connectivity index (χ0n) is 12.1. The van der Waals surface area contributed by atoms with Crippen molar-refractivity contribution in [1.29, 1.82) is 0 Å². The largest absolute Gasteiger partial charge is 0.497 e. The van der Waals surface area contributed by atoms with E-state index in [4.69, 9.17) is 15.2 Å². The highest BCUT2D eigenvalue weighted by Crippen LogP contribution is 2.16. The summed E-state index contributed by atoms with van der Waals surface area (Å²) in [5.41, 5.74) is 6.69. The van der Waals surface area contributed by atoms with Crippen LogP contribution < -0.4 is 15.8 Å². The average Bonchev–Trinajstić information content (AvgIpc) is 2.43. The summed E-state index contributed by atoms with van der Waals surface area (Å²) in [5.74, 6) is 1.22. The Hall–Kier alpha value is -1.02. The van der Waals surface area contributed by atoms with Gasteiger partial charge in [-0.15, -0.1) is 24.0 Å². The molecule has 0 unspecified atom stereocenters. The second kappa shape index (κ2) is 11.8. The SMILES string of the molecule is COCCCCCN=C(N)Nc1cccc(OC)c1.I. The molecule has 0 aliphatic carbocycles. The smallest absolute Gasteiger partial charge is 0.193 e. The van der Waals surface area contributed by atoms with Crippen LogP contribution in [-0.4, -0.2) is 33.3 Å². The first kappa shape index (κ1) is 19.0. The minimum atomic E-state index is 0. The number of halogens is 1. The zero-order valence-corrected chi connectivity index (χ0v) is 14.4. The molecule has 0 spiro atoms. The highest BCUT2D eigenvalue weighted by atomic mass is 127. The molecule has 3 N–H and O–H groups in total. The molecule has 0 aromatic heterocycles. The van der Waals surface area contributed by atoms with Crippen LogP contribution in [0.25, 0.3) is 0 Å². The third-order valence-corrected chi connectivity index (χ3v) is 2.63. The Morgan fingerprint density at radius 2 is 2.05 bits per heavy atom. The number of nitrogens with two attached hydrogens (primary N) is 1. The molecule has 0 atom stereocenters. The predicted molar refractivity (Wildman–Crippen MR) is 94.2 cm³/mol. The number of nitrogens with zero attached hydrogens (tertiary/aromatic N) is 1. The van der Waals surface area contributed by atoms with Gasteiger partial charge in [-0.1, -0.05) is 6.07 Å². The number of benzene rings is 1. The fraction of sp³-hybridized carbons (Fsp3) is 0.500. The van der Waals surface area contributed by atoms with Crippen LogP contribution in [0.15, 0.2) is 29.3 Å². The van der Waals surface area contributed by atoms with Crippen molar-refractivity contribution >= 4 is 35.6 Å². The Bertz CT molecular complexity index is 400. The zero-order chi connectivity index (χ0) is 13.9. The Labute approximate surface area is 138 Å². The van der Waals surface area contributed by atoms with Gasteiger partial charge in [0.25, 0.3) is 0 Å². The molecule has 0 saturated heterocycles. The van der Waals surface area contributed by atoms with Gasteiger partial charge in [-0.3, -0.25) is 4.99 Å². The second-order valence-electron chi connectivity index (χ2n) is 4.18. The van der Waals surface area contributed by atoms with Gasteiger partial charge in [0.15, 0.2) is 5.96 Å². The summed E-state index contributed by atoms with van der Waals surface area (Å²) in [5, 5.41) is 3.04. The van der Waals surface area contributed by atoms with E-state index in [0.717, 1.165) is 43.9 Å². The predicted octanol–water partition coefficient (Wildman–Crippen LogP) is 2.86. The van der Waals surface area contributed by atoms with Crippen LogP contribution in [0.1, 0.15) is 19.3 Å². The van der Waals surface area contributed by atoms with E-state index in [1.165, 1.54) is 0 Å². The molecule has 20 heavy (non-hydrogen) atoms. The minimum Gasteiger partial charge on any atom is -0.497 e. The number of unbranched alkanes of at least 4 members (excludes halogenated alkanes) is 2. The van der Waals surface area contributed by atoms with Crippen LogP contribution in [0.2, 0.25) is 0 Å². The van der Waals surface area contributed by atoms with Crippen molar-refractivity contribution in [3.05, 3.63) is 24.3 Å². The maximum absolute atomic E-state index is 5.81. The van der Waals surface area contributed by atoms with Gasteiger partial charge in [0.2, 0.25) is 0 Å². The number of methoxy groups -OCH3 is 2. The van der Waals surface area contributed by atoms with E-state index in [-0.39, 0.29) is 24.0 Å². The summed E-state index contributed by atoms with van der Waals surface area (Å²) in [6.07, 6.45) is 3.18. The third kappa shape index (κ3) is 8.21. The van der Waals surface area contributed by atoms with Gasteiger partial charge in [-0.25, -0.2) is 0 Å². The van der Waals surface area contributed by atoms with Crippen molar-refractivity contribution in [3.63, 3.8) is 0 Å². The number of rotatable bonds is 8. The molecule has 1 aromatic carbocycles. The van der Waals surface area contributed by atoms with Gasteiger partial charge >= 0.3 is 0 Å². The van der Waals surface area contributed by atoms with Crippen molar-refractivity contribution < 1.29 is 9.47 Å². The van der Waals surface area contributed by atoms with Crippen LogP contribution in [-0.2, 0) is 4.74 Å².